The van der Waals surface area contributed by atoms with Gasteiger partial charge in [-0.2, -0.15) is 0 Å². The Balaban J connectivity index is 1.75. The molecule has 144 valence electrons. The van der Waals surface area contributed by atoms with Gasteiger partial charge in [0.05, 0.1) is 29.8 Å². The SMILES string of the molecule is O=C1c2oc3ccc(Br)cc3c(=O)c2C(c2ccc(Br)cc2)N1Cc1ccco1. The number of hydrogen-bond donors (Lipinski definition) is 0. The van der Waals surface area contributed by atoms with E-state index in [0.717, 1.165) is 14.5 Å². The number of furan rings is 1. The lowest BCUT2D eigenvalue weighted by Gasteiger charge is -2.24. The molecule has 0 saturated carbocycles. The van der Waals surface area contributed by atoms with Gasteiger partial charge in [0.25, 0.3) is 5.91 Å². The van der Waals surface area contributed by atoms with Crippen molar-refractivity contribution < 1.29 is 13.6 Å². The van der Waals surface area contributed by atoms with Crippen LogP contribution in [-0.2, 0) is 6.54 Å². The average Bonchev–Trinajstić information content (AvgIpc) is 3.32. The minimum absolute atomic E-state index is 0.0873. The molecule has 29 heavy (non-hydrogen) atoms. The minimum Gasteiger partial charge on any atom is -0.467 e. The van der Waals surface area contributed by atoms with E-state index in [1.807, 2.05) is 24.3 Å². The summed E-state index contributed by atoms with van der Waals surface area (Å²) in [5, 5.41) is 0.438. The van der Waals surface area contributed by atoms with Gasteiger partial charge in [0.2, 0.25) is 5.76 Å². The van der Waals surface area contributed by atoms with E-state index in [1.54, 1.807) is 41.5 Å². The highest BCUT2D eigenvalue weighted by molar-refractivity contribution is 9.10. The number of rotatable bonds is 3. The van der Waals surface area contributed by atoms with Crippen molar-refractivity contribution in [2.75, 3.05) is 0 Å². The third-order valence-electron chi connectivity index (χ3n) is 5.02. The lowest BCUT2D eigenvalue weighted by molar-refractivity contribution is 0.0701. The topological polar surface area (TPSA) is 63.7 Å². The van der Waals surface area contributed by atoms with Crippen molar-refractivity contribution in [3.05, 3.63) is 103 Å². The fourth-order valence-corrected chi connectivity index (χ4v) is 4.34. The molecule has 1 amide bonds. The Hall–Kier alpha value is -2.64. The van der Waals surface area contributed by atoms with Crippen LogP contribution in [0.15, 0.2) is 83.4 Å². The molecule has 1 unspecified atom stereocenters. The van der Waals surface area contributed by atoms with Gasteiger partial charge in [-0.05, 0) is 48.0 Å². The van der Waals surface area contributed by atoms with Crippen LogP contribution in [-0.4, -0.2) is 10.8 Å². The van der Waals surface area contributed by atoms with Crippen LogP contribution in [0.5, 0.6) is 0 Å². The molecule has 1 atom stereocenters. The van der Waals surface area contributed by atoms with E-state index in [-0.39, 0.29) is 23.6 Å². The summed E-state index contributed by atoms with van der Waals surface area (Å²) in [7, 11) is 0. The lowest BCUT2D eigenvalue weighted by Crippen LogP contribution is -2.29. The molecule has 5 nitrogen and oxygen atoms in total. The van der Waals surface area contributed by atoms with Crippen LogP contribution in [0, 0.1) is 0 Å². The van der Waals surface area contributed by atoms with E-state index < -0.39 is 6.04 Å². The molecule has 2 aromatic carbocycles. The van der Waals surface area contributed by atoms with Gasteiger partial charge in [0.15, 0.2) is 5.43 Å². The molecule has 4 aromatic rings. The Kier molecular flexibility index (Phi) is 4.44. The maximum Gasteiger partial charge on any atom is 0.291 e. The fraction of sp³-hybridized carbons (Fsp3) is 0.0909. The molecule has 5 rings (SSSR count). The molecule has 0 aliphatic carbocycles. The van der Waals surface area contributed by atoms with Crippen molar-refractivity contribution >= 4 is 48.7 Å². The monoisotopic (exact) mass is 513 g/mol. The summed E-state index contributed by atoms with van der Waals surface area (Å²) < 4.78 is 13.1. The van der Waals surface area contributed by atoms with Crippen LogP contribution in [0.4, 0.5) is 0 Å². The van der Waals surface area contributed by atoms with Crippen molar-refractivity contribution in [1.29, 1.82) is 0 Å². The second-order valence-electron chi connectivity index (χ2n) is 6.78. The number of carbonyl (C=O) groups is 1. The molecular weight excluding hydrogens is 502 g/mol. The first-order chi connectivity index (χ1) is 14.0. The second-order valence-corrected chi connectivity index (χ2v) is 8.61. The zero-order chi connectivity index (χ0) is 20.1. The first-order valence-corrected chi connectivity index (χ1v) is 10.5. The maximum atomic E-state index is 13.4. The zero-order valence-electron chi connectivity index (χ0n) is 14.9. The molecule has 7 heteroatoms. The molecule has 0 radical (unpaired) electrons. The summed E-state index contributed by atoms with van der Waals surface area (Å²) in [6, 6.07) is 15.8. The summed E-state index contributed by atoms with van der Waals surface area (Å²) in [5.41, 5.74) is 1.37. The van der Waals surface area contributed by atoms with Gasteiger partial charge in [-0.15, -0.1) is 0 Å². The minimum atomic E-state index is -0.560. The van der Waals surface area contributed by atoms with E-state index in [9.17, 15) is 9.59 Å². The first-order valence-electron chi connectivity index (χ1n) is 8.88. The molecule has 0 fully saturated rings. The van der Waals surface area contributed by atoms with Gasteiger partial charge in [-0.1, -0.05) is 44.0 Å². The molecule has 1 aliphatic heterocycles. The summed E-state index contributed by atoms with van der Waals surface area (Å²) in [6.45, 7) is 0.232. The number of carbonyl (C=O) groups excluding carboxylic acids is 1. The lowest BCUT2D eigenvalue weighted by atomic mass is 9.98. The number of halogens is 2. The number of nitrogens with zero attached hydrogens (tertiary/aromatic N) is 1. The van der Waals surface area contributed by atoms with Gasteiger partial charge < -0.3 is 13.7 Å². The summed E-state index contributed by atoms with van der Waals surface area (Å²) in [4.78, 5) is 28.3. The average molecular weight is 515 g/mol. The number of hydrogen-bond acceptors (Lipinski definition) is 4. The molecule has 3 heterocycles. The van der Waals surface area contributed by atoms with Crippen LogP contribution in [0.1, 0.15) is 33.5 Å². The highest BCUT2D eigenvalue weighted by atomic mass is 79.9. The van der Waals surface area contributed by atoms with Crippen LogP contribution in [0.25, 0.3) is 11.0 Å². The first kappa shape index (κ1) is 18.4. The summed E-state index contributed by atoms with van der Waals surface area (Å²) in [6.07, 6.45) is 1.56. The standard InChI is InChI=1S/C22H13Br2NO4/c23-13-5-3-12(4-6-13)19-18-20(26)16-10-14(24)7-8-17(16)29-21(18)22(27)25(19)11-15-2-1-9-28-15/h1-10,19H,11H2. The number of amides is 1. The summed E-state index contributed by atoms with van der Waals surface area (Å²) >= 11 is 6.84. The van der Waals surface area contributed by atoms with E-state index in [0.29, 0.717) is 22.3 Å². The highest BCUT2D eigenvalue weighted by Crippen LogP contribution is 2.39. The quantitative estimate of drug-likeness (QED) is 0.354. The van der Waals surface area contributed by atoms with Crippen molar-refractivity contribution in [3.63, 3.8) is 0 Å². The Morgan fingerprint density at radius 2 is 1.72 bits per heavy atom. The smallest absolute Gasteiger partial charge is 0.291 e. The van der Waals surface area contributed by atoms with Gasteiger partial charge in [0.1, 0.15) is 11.3 Å². The Morgan fingerprint density at radius 3 is 2.45 bits per heavy atom. The van der Waals surface area contributed by atoms with Crippen LogP contribution in [0.3, 0.4) is 0 Å². The zero-order valence-corrected chi connectivity index (χ0v) is 18.1. The molecule has 0 N–H and O–H groups in total. The predicted octanol–water partition coefficient (Wildman–Crippen LogP) is 5.66. The second kappa shape index (κ2) is 7.00. The summed E-state index contributed by atoms with van der Waals surface area (Å²) in [5.74, 6) is 0.392. The van der Waals surface area contributed by atoms with Crippen molar-refractivity contribution in [3.8, 4) is 0 Å². The third kappa shape index (κ3) is 3.05. The molecule has 0 saturated heterocycles. The van der Waals surface area contributed by atoms with Crippen LogP contribution >= 0.6 is 31.9 Å². The van der Waals surface area contributed by atoms with E-state index in [4.69, 9.17) is 8.83 Å². The van der Waals surface area contributed by atoms with Crippen molar-refractivity contribution in [1.82, 2.24) is 4.90 Å². The third-order valence-corrected chi connectivity index (χ3v) is 6.04. The molecule has 2 aromatic heterocycles. The van der Waals surface area contributed by atoms with E-state index in [2.05, 4.69) is 31.9 Å². The van der Waals surface area contributed by atoms with Crippen LogP contribution < -0.4 is 5.43 Å². The van der Waals surface area contributed by atoms with Crippen molar-refractivity contribution in [2.24, 2.45) is 0 Å². The van der Waals surface area contributed by atoms with Crippen molar-refractivity contribution in [2.45, 2.75) is 12.6 Å². The normalized spacial score (nSPS) is 15.9. The number of fused-ring (bicyclic) bond motifs is 2. The van der Waals surface area contributed by atoms with E-state index >= 15 is 0 Å². The molecular formula is C22H13Br2NO4. The predicted molar refractivity (Wildman–Crippen MR) is 115 cm³/mol. The van der Waals surface area contributed by atoms with Gasteiger partial charge in [0, 0.05) is 8.95 Å². The van der Waals surface area contributed by atoms with Gasteiger partial charge in [-0.25, -0.2) is 0 Å². The molecule has 0 bridgehead atoms. The van der Waals surface area contributed by atoms with Crippen LogP contribution in [0.2, 0.25) is 0 Å². The van der Waals surface area contributed by atoms with E-state index in [1.165, 1.54) is 0 Å². The largest absolute Gasteiger partial charge is 0.467 e. The van der Waals surface area contributed by atoms with Gasteiger partial charge >= 0.3 is 0 Å². The maximum absolute atomic E-state index is 13.4. The Bertz CT molecular complexity index is 1290. The Morgan fingerprint density at radius 1 is 0.966 bits per heavy atom. The highest BCUT2D eigenvalue weighted by Gasteiger charge is 2.43. The number of benzene rings is 2. The fourth-order valence-electron chi connectivity index (χ4n) is 3.72. The molecule has 1 aliphatic rings. The Labute approximate surface area is 182 Å². The molecule has 0 spiro atoms. The van der Waals surface area contributed by atoms with Gasteiger partial charge in [-0.3, -0.25) is 9.59 Å².